The zero-order valence-electron chi connectivity index (χ0n) is 22.6. The lowest BCUT2D eigenvalue weighted by atomic mass is 10.1. The Morgan fingerprint density at radius 3 is 2.98 bits per heavy atom. The van der Waals surface area contributed by atoms with Gasteiger partial charge in [-0.2, -0.15) is 5.10 Å². The molecule has 0 radical (unpaired) electrons. The summed E-state index contributed by atoms with van der Waals surface area (Å²) in [5.74, 6) is 3.37. The molecule has 42 heavy (non-hydrogen) atoms. The van der Waals surface area contributed by atoms with Crippen molar-refractivity contribution < 1.29 is 14.3 Å². The van der Waals surface area contributed by atoms with Crippen LogP contribution >= 0.6 is 15.9 Å². The van der Waals surface area contributed by atoms with Crippen LogP contribution in [0.15, 0.2) is 67.4 Å². The standard InChI is InChI=1S/C29H26BrN9O3/c1-18-11-19(4-5-23(18)42-21-6-8-39-25(12-21)32-17-34-39)35-28-27-22(31-16-33-28)13-24-29(36-27)37-9-10-38(20(14-37)15-41-24)26(40)3-2-7-30/h2-6,8,11-13,16-17,20H,7,9-10,14-15H2,1H3,(H,31,33,35)/b3-2+. The van der Waals surface area contributed by atoms with Gasteiger partial charge in [0.1, 0.15) is 36.3 Å². The van der Waals surface area contributed by atoms with E-state index in [0.717, 1.165) is 22.8 Å². The van der Waals surface area contributed by atoms with Crippen LogP contribution in [0, 0.1) is 6.92 Å². The summed E-state index contributed by atoms with van der Waals surface area (Å²) in [6.45, 7) is 4.26. The number of hydrogen-bond donors (Lipinski definition) is 1. The van der Waals surface area contributed by atoms with Gasteiger partial charge in [0, 0.05) is 49.0 Å². The molecule has 0 spiro atoms. The highest BCUT2D eigenvalue weighted by atomic mass is 79.9. The number of anilines is 3. The topological polar surface area (TPSA) is 123 Å². The third kappa shape index (κ3) is 4.96. The Kier molecular flexibility index (Phi) is 6.78. The largest absolute Gasteiger partial charge is 0.487 e. The number of rotatable bonds is 6. The summed E-state index contributed by atoms with van der Waals surface area (Å²) < 4.78 is 14.0. The molecule has 4 aromatic heterocycles. The lowest BCUT2D eigenvalue weighted by Crippen LogP contribution is -2.56. The Hall–Kier alpha value is -4.78. The number of aryl methyl sites for hydroxylation is 1. The normalized spacial score (nSPS) is 16.4. The van der Waals surface area contributed by atoms with Gasteiger partial charge in [-0.05, 0) is 42.8 Å². The van der Waals surface area contributed by atoms with Gasteiger partial charge in [-0.25, -0.2) is 24.5 Å². The third-order valence-electron chi connectivity index (χ3n) is 7.32. The van der Waals surface area contributed by atoms with E-state index in [1.165, 1.54) is 12.7 Å². The van der Waals surface area contributed by atoms with Crippen LogP contribution in [0.3, 0.4) is 0 Å². The smallest absolute Gasteiger partial charge is 0.246 e. The number of nitrogens with zero attached hydrogens (tertiary/aromatic N) is 8. The Morgan fingerprint density at radius 2 is 2.10 bits per heavy atom. The fraction of sp³-hybridized carbons (Fsp3) is 0.241. The van der Waals surface area contributed by atoms with Crippen molar-refractivity contribution >= 4 is 55.8 Å². The number of halogens is 1. The van der Waals surface area contributed by atoms with E-state index in [4.69, 9.17) is 14.5 Å². The van der Waals surface area contributed by atoms with Crippen LogP contribution < -0.4 is 19.7 Å². The highest BCUT2D eigenvalue weighted by Crippen LogP contribution is 2.36. The molecular formula is C29H26BrN9O3. The van der Waals surface area contributed by atoms with E-state index >= 15 is 0 Å². The van der Waals surface area contributed by atoms with Gasteiger partial charge in [-0.15, -0.1) is 0 Å². The number of fused-ring (bicyclic) bond motifs is 6. The van der Waals surface area contributed by atoms with E-state index in [1.54, 1.807) is 10.6 Å². The van der Waals surface area contributed by atoms with Gasteiger partial charge in [0.15, 0.2) is 23.0 Å². The van der Waals surface area contributed by atoms with Crippen molar-refractivity contribution in [3.63, 3.8) is 0 Å². The molecule has 1 unspecified atom stereocenters. The summed E-state index contributed by atoms with van der Waals surface area (Å²) in [6.07, 6.45) is 8.25. The summed E-state index contributed by atoms with van der Waals surface area (Å²) >= 11 is 3.33. The van der Waals surface area contributed by atoms with Gasteiger partial charge in [-0.1, -0.05) is 22.0 Å². The first kappa shape index (κ1) is 26.1. The summed E-state index contributed by atoms with van der Waals surface area (Å²) in [4.78, 5) is 34.9. The molecular weight excluding hydrogens is 602 g/mol. The number of pyridine rings is 2. The second-order valence-corrected chi connectivity index (χ2v) is 10.7. The average Bonchev–Trinajstić information content (AvgIpc) is 3.43. The number of carbonyl (C=O) groups is 1. The fourth-order valence-electron chi connectivity index (χ4n) is 5.26. The molecule has 1 saturated heterocycles. The maximum Gasteiger partial charge on any atom is 0.246 e. The molecule has 212 valence electrons. The molecule has 0 saturated carbocycles. The van der Waals surface area contributed by atoms with Crippen molar-refractivity contribution in [1.29, 1.82) is 0 Å². The Morgan fingerprint density at radius 1 is 1.17 bits per heavy atom. The van der Waals surface area contributed by atoms with Gasteiger partial charge in [-0.3, -0.25) is 4.79 Å². The minimum atomic E-state index is -0.0748. The van der Waals surface area contributed by atoms with E-state index in [9.17, 15) is 4.79 Å². The molecule has 13 heteroatoms. The third-order valence-corrected chi connectivity index (χ3v) is 7.69. The van der Waals surface area contributed by atoms with Gasteiger partial charge >= 0.3 is 0 Å². The van der Waals surface area contributed by atoms with Crippen molar-refractivity contribution in [2.24, 2.45) is 0 Å². The summed E-state index contributed by atoms with van der Waals surface area (Å²) in [6, 6.07) is 11.4. The maximum atomic E-state index is 12.7. The van der Waals surface area contributed by atoms with Gasteiger partial charge in [0.2, 0.25) is 5.91 Å². The van der Waals surface area contributed by atoms with Crippen LogP contribution in [0.25, 0.3) is 16.7 Å². The second-order valence-electron chi connectivity index (χ2n) is 10.0. The molecule has 1 amide bonds. The zero-order chi connectivity index (χ0) is 28.6. The van der Waals surface area contributed by atoms with Crippen LogP contribution in [0.2, 0.25) is 0 Å². The van der Waals surface area contributed by atoms with Gasteiger partial charge < -0.3 is 24.6 Å². The molecule has 5 aromatic rings. The molecule has 1 N–H and O–H groups in total. The lowest BCUT2D eigenvalue weighted by Gasteiger charge is -2.39. The molecule has 1 fully saturated rings. The van der Waals surface area contributed by atoms with Gasteiger partial charge in [0.25, 0.3) is 0 Å². The first-order chi connectivity index (χ1) is 20.6. The molecule has 2 aliphatic rings. The van der Waals surface area contributed by atoms with E-state index in [2.05, 4.69) is 46.2 Å². The lowest BCUT2D eigenvalue weighted by molar-refractivity contribution is -0.129. The van der Waals surface area contributed by atoms with Crippen molar-refractivity contribution in [1.82, 2.24) is 34.4 Å². The first-order valence-electron chi connectivity index (χ1n) is 13.5. The number of alkyl halides is 1. The van der Waals surface area contributed by atoms with Crippen LogP contribution in [0.5, 0.6) is 17.2 Å². The Labute approximate surface area is 249 Å². The SMILES string of the molecule is Cc1cc(Nc2ncnc3cc4c(nc23)N2CCN(C(=O)/C=C/CBr)C(CO4)C2)ccc1Oc1ccn2ncnc2c1. The number of aromatic nitrogens is 6. The number of ether oxygens (including phenoxy) is 2. The molecule has 2 aliphatic heterocycles. The second kappa shape index (κ2) is 10.9. The minimum Gasteiger partial charge on any atom is -0.487 e. The van der Waals surface area contributed by atoms with E-state index in [0.29, 0.717) is 65.6 Å². The van der Waals surface area contributed by atoms with Crippen LogP contribution in [-0.4, -0.2) is 78.0 Å². The number of allylic oxidation sites excluding steroid dienone is 1. The summed E-state index contributed by atoms with van der Waals surface area (Å²) in [5, 5.41) is 8.16. The zero-order valence-corrected chi connectivity index (χ0v) is 24.2. The van der Waals surface area contributed by atoms with Crippen LogP contribution in [0.1, 0.15) is 5.56 Å². The average molecular weight is 628 g/mol. The first-order valence-corrected chi connectivity index (χ1v) is 14.6. The molecule has 1 atom stereocenters. The highest BCUT2D eigenvalue weighted by Gasteiger charge is 2.35. The van der Waals surface area contributed by atoms with Gasteiger partial charge in [0.05, 0.1) is 11.6 Å². The fourth-order valence-corrected chi connectivity index (χ4v) is 5.44. The predicted molar refractivity (Wildman–Crippen MR) is 161 cm³/mol. The molecule has 12 nitrogen and oxygen atoms in total. The van der Waals surface area contributed by atoms with Crippen molar-refractivity contribution in [2.75, 3.05) is 41.8 Å². The Bertz CT molecular complexity index is 1840. The van der Waals surface area contributed by atoms with E-state index in [1.807, 2.05) is 60.5 Å². The molecule has 7 rings (SSSR count). The predicted octanol–water partition coefficient (Wildman–Crippen LogP) is 4.27. The summed E-state index contributed by atoms with van der Waals surface area (Å²) in [5.41, 5.74) is 3.79. The maximum absolute atomic E-state index is 12.7. The number of carbonyl (C=O) groups excluding carboxylic acids is 1. The number of hydrogen-bond acceptors (Lipinski definition) is 10. The number of amides is 1. The van der Waals surface area contributed by atoms with Crippen LogP contribution in [0.4, 0.5) is 17.3 Å². The van der Waals surface area contributed by atoms with Crippen molar-refractivity contribution in [3.8, 4) is 17.2 Å². The number of piperazine rings is 1. The summed E-state index contributed by atoms with van der Waals surface area (Å²) in [7, 11) is 0. The highest BCUT2D eigenvalue weighted by molar-refractivity contribution is 9.09. The van der Waals surface area contributed by atoms with Crippen molar-refractivity contribution in [2.45, 2.75) is 13.0 Å². The van der Waals surface area contributed by atoms with Crippen molar-refractivity contribution in [3.05, 3.63) is 73.0 Å². The number of nitrogens with one attached hydrogen (secondary N) is 1. The molecule has 1 aromatic carbocycles. The molecule has 2 bridgehead atoms. The Balaban J connectivity index is 1.13. The molecule has 6 heterocycles. The number of benzene rings is 1. The monoisotopic (exact) mass is 627 g/mol. The van der Waals surface area contributed by atoms with Crippen LogP contribution in [-0.2, 0) is 4.79 Å². The minimum absolute atomic E-state index is 0.00719. The molecule has 0 aliphatic carbocycles. The van der Waals surface area contributed by atoms with E-state index in [-0.39, 0.29) is 11.9 Å². The quantitative estimate of drug-likeness (QED) is 0.216. The van der Waals surface area contributed by atoms with E-state index < -0.39 is 0 Å².